The van der Waals surface area contributed by atoms with Crippen LogP contribution in [0.4, 0.5) is 0 Å². The van der Waals surface area contributed by atoms with E-state index in [1.807, 2.05) is 41.5 Å². The molecule has 12 rings (SSSR count). The van der Waals surface area contributed by atoms with Crippen LogP contribution in [0.15, 0.2) is 218 Å². The zero-order valence-electron chi connectivity index (χ0n) is 56.7. The van der Waals surface area contributed by atoms with Crippen molar-refractivity contribution < 1.29 is 14.2 Å². The molecule has 12 aromatic rings. The van der Waals surface area contributed by atoms with Gasteiger partial charge in [0.2, 0.25) is 0 Å². The van der Waals surface area contributed by atoms with Gasteiger partial charge >= 0.3 is 0 Å². The number of aromatic nitrogens is 3. The fourth-order valence-electron chi connectivity index (χ4n) is 11.6. The maximum Gasteiger partial charge on any atom is 0.119 e. The highest BCUT2D eigenvalue weighted by atomic mass is 16.5. The molecule has 0 aliphatic rings. The second kappa shape index (κ2) is 34.7. The minimum Gasteiger partial charge on any atom is -0.494 e. The third-order valence-electron chi connectivity index (χ3n) is 15.8. The minimum absolute atomic E-state index is 0.762. The van der Waals surface area contributed by atoms with Crippen molar-refractivity contribution in [3.05, 3.63) is 268 Å². The Morgan fingerprint density at radius 3 is 0.733 bits per heavy atom. The van der Waals surface area contributed by atoms with Gasteiger partial charge in [0.05, 0.1) is 36.9 Å². The standard InChI is InChI=1S/3C26H27NO.3C2H6/c3*1-4-16-28-23-13-11-21(12-14-23)18-27-25-15-10-19(2)17-24(25)20(3)26(27)22-8-6-5-7-9-22;3*1-2/h3*5-15,17H,4,16,18H2,1-3H3;3*1-2H3. The van der Waals surface area contributed by atoms with E-state index in [1.54, 1.807) is 0 Å². The number of rotatable bonds is 18. The molecule has 0 aliphatic heterocycles. The van der Waals surface area contributed by atoms with Gasteiger partial charge in [-0.2, -0.15) is 0 Å². The first-order valence-electron chi connectivity index (χ1n) is 33.1. The zero-order chi connectivity index (χ0) is 64.5. The van der Waals surface area contributed by atoms with Crippen LogP contribution in [-0.4, -0.2) is 33.5 Å². The molecule has 0 radical (unpaired) electrons. The van der Waals surface area contributed by atoms with Crippen LogP contribution in [0.2, 0.25) is 0 Å². The van der Waals surface area contributed by atoms with Gasteiger partial charge in [0, 0.05) is 52.3 Å². The number of hydrogen-bond donors (Lipinski definition) is 0. The average Bonchev–Trinajstić information content (AvgIpc) is 1.88. The van der Waals surface area contributed by atoms with E-state index in [1.165, 1.54) is 117 Å². The number of nitrogens with zero attached hydrogens (tertiary/aromatic N) is 3. The summed E-state index contributed by atoms with van der Waals surface area (Å²) in [6.07, 6.45) is 3.07. The van der Waals surface area contributed by atoms with Crippen molar-refractivity contribution in [2.75, 3.05) is 19.8 Å². The Bertz CT molecular complexity index is 3650. The maximum atomic E-state index is 5.73. The monoisotopic (exact) mass is 1200 g/mol. The molecule has 0 saturated carbocycles. The van der Waals surface area contributed by atoms with Gasteiger partial charge in [-0.1, -0.05) is 225 Å². The van der Waals surface area contributed by atoms with Crippen LogP contribution in [0.25, 0.3) is 66.5 Å². The molecule has 90 heavy (non-hydrogen) atoms. The summed E-state index contributed by atoms with van der Waals surface area (Å²) < 4.78 is 24.5. The molecule has 9 aromatic carbocycles. The van der Waals surface area contributed by atoms with Gasteiger partial charge in [0.15, 0.2) is 0 Å². The lowest BCUT2D eigenvalue weighted by molar-refractivity contribution is 0.317. The molecule has 0 saturated heterocycles. The number of benzene rings is 9. The maximum absolute atomic E-state index is 5.73. The van der Waals surface area contributed by atoms with Crippen LogP contribution in [-0.2, 0) is 19.6 Å². The second-order valence-electron chi connectivity index (χ2n) is 22.3. The topological polar surface area (TPSA) is 42.5 Å². The Hall–Kier alpha value is -9.00. The van der Waals surface area contributed by atoms with Gasteiger partial charge in [0.25, 0.3) is 0 Å². The summed E-state index contributed by atoms with van der Waals surface area (Å²) in [6.45, 7) is 36.4. The van der Waals surface area contributed by atoms with E-state index >= 15 is 0 Å². The van der Waals surface area contributed by atoms with Crippen molar-refractivity contribution in [2.24, 2.45) is 0 Å². The quantitative estimate of drug-likeness (QED) is 0.0860. The Morgan fingerprint density at radius 1 is 0.278 bits per heavy atom. The lowest BCUT2D eigenvalue weighted by atomic mass is 10.1. The molecule has 0 aliphatic carbocycles. The number of hydrogen-bond acceptors (Lipinski definition) is 3. The lowest BCUT2D eigenvalue weighted by Gasteiger charge is -2.13. The fraction of sp³-hybridized carbons (Fsp3) is 0.286. The summed E-state index contributed by atoms with van der Waals surface area (Å²) in [4.78, 5) is 0. The van der Waals surface area contributed by atoms with Gasteiger partial charge in [-0.3, -0.25) is 0 Å². The smallest absolute Gasteiger partial charge is 0.119 e. The van der Waals surface area contributed by atoms with Crippen LogP contribution in [0.1, 0.15) is 132 Å². The van der Waals surface area contributed by atoms with E-state index in [-0.39, 0.29) is 0 Å². The van der Waals surface area contributed by atoms with E-state index < -0.39 is 0 Å². The molecule has 3 aromatic heterocycles. The van der Waals surface area contributed by atoms with Crippen molar-refractivity contribution in [1.29, 1.82) is 0 Å². The molecule has 0 fully saturated rings. The zero-order valence-corrected chi connectivity index (χ0v) is 56.7. The molecule has 0 N–H and O–H groups in total. The van der Waals surface area contributed by atoms with Crippen LogP contribution in [0.5, 0.6) is 17.2 Å². The number of ether oxygens (including phenoxy) is 3. The molecule has 468 valence electrons. The highest BCUT2D eigenvalue weighted by molar-refractivity contribution is 5.94. The van der Waals surface area contributed by atoms with Crippen molar-refractivity contribution >= 4 is 32.7 Å². The largest absolute Gasteiger partial charge is 0.494 e. The highest BCUT2D eigenvalue weighted by Gasteiger charge is 2.20. The Labute approximate surface area is 539 Å². The van der Waals surface area contributed by atoms with Crippen LogP contribution < -0.4 is 14.2 Å². The summed E-state index contributed by atoms with van der Waals surface area (Å²) in [5.41, 5.74) is 23.3. The predicted octanol–water partition coefficient (Wildman–Crippen LogP) is 23.4. The average molecular weight is 1200 g/mol. The van der Waals surface area contributed by atoms with E-state index in [0.29, 0.717) is 0 Å². The first-order valence-corrected chi connectivity index (χ1v) is 33.1. The minimum atomic E-state index is 0.762. The van der Waals surface area contributed by atoms with Gasteiger partial charge < -0.3 is 27.9 Å². The van der Waals surface area contributed by atoms with E-state index in [4.69, 9.17) is 14.2 Å². The summed E-state index contributed by atoms with van der Waals surface area (Å²) in [7, 11) is 0. The SMILES string of the molecule is CC.CC.CC.CCCOc1ccc(Cn2c(-c3ccccc3)c(C)c3cc(C)ccc32)cc1.CCCOc1ccc(Cn2c(-c3ccccc3)c(C)c3cc(C)ccc32)cc1.CCCOc1ccc(Cn2c(-c3ccccc3)c(C)c3cc(C)ccc32)cc1. The molecule has 0 spiro atoms. The number of fused-ring (bicyclic) bond motifs is 3. The Morgan fingerprint density at radius 2 is 0.511 bits per heavy atom. The Balaban J connectivity index is 0.000000184. The van der Waals surface area contributed by atoms with Gasteiger partial charge in [-0.25, -0.2) is 0 Å². The molecular weight excluding hydrogens is 1100 g/mol. The molecule has 6 nitrogen and oxygen atoms in total. The molecule has 0 atom stereocenters. The van der Waals surface area contributed by atoms with Crippen molar-refractivity contribution in [1.82, 2.24) is 13.7 Å². The summed E-state index contributed by atoms with van der Waals surface area (Å²) >= 11 is 0. The Kier molecular flexibility index (Phi) is 26.4. The highest BCUT2D eigenvalue weighted by Crippen LogP contribution is 2.38. The van der Waals surface area contributed by atoms with Crippen molar-refractivity contribution in [2.45, 2.75) is 143 Å². The molecule has 6 heteroatoms. The van der Waals surface area contributed by atoms with Crippen LogP contribution in [0, 0.1) is 41.5 Å². The molecule has 3 heterocycles. The molecule has 0 unspecified atom stereocenters. The lowest BCUT2D eigenvalue weighted by Crippen LogP contribution is -2.02. The first kappa shape index (κ1) is 68.5. The molecular formula is C84H99N3O3. The molecule has 0 bridgehead atoms. The fourth-order valence-corrected chi connectivity index (χ4v) is 11.6. The second-order valence-corrected chi connectivity index (χ2v) is 22.3. The summed E-state index contributed by atoms with van der Waals surface area (Å²) in [6, 6.07) is 77.9. The summed E-state index contributed by atoms with van der Waals surface area (Å²) in [5.74, 6) is 2.83. The van der Waals surface area contributed by atoms with E-state index in [2.05, 4.69) is 294 Å². The van der Waals surface area contributed by atoms with Gasteiger partial charge in [-0.15, -0.1) is 0 Å². The third-order valence-corrected chi connectivity index (χ3v) is 15.8. The predicted molar refractivity (Wildman–Crippen MR) is 389 cm³/mol. The number of aryl methyl sites for hydroxylation is 6. The van der Waals surface area contributed by atoms with Crippen LogP contribution in [0.3, 0.4) is 0 Å². The van der Waals surface area contributed by atoms with E-state index in [9.17, 15) is 0 Å². The molecule has 0 amide bonds. The third kappa shape index (κ3) is 17.0. The normalized spacial score (nSPS) is 10.6. The first-order chi connectivity index (χ1) is 44.0. The van der Waals surface area contributed by atoms with Gasteiger partial charge in [0.1, 0.15) is 17.2 Å². The van der Waals surface area contributed by atoms with E-state index in [0.717, 1.165) is 76.0 Å². The van der Waals surface area contributed by atoms with Crippen LogP contribution >= 0.6 is 0 Å². The van der Waals surface area contributed by atoms with Gasteiger partial charge in [-0.05, 0) is 184 Å². The van der Waals surface area contributed by atoms with Crippen molar-refractivity contribution in [3.8, 4) is 51.0 Å². The van der Waals surface area contributed by atoms with Crippen molar-refractivity contribution in [3.63, 3.8) is 0 Å². The summed E-state index contributed by atoms with van der Waals surface area (Å²) in [5, 5.41) is 4.00.